The number of pyridine rings is 1. The molecule has 0 radical (unpaired) electrons. The Bertz CT molecular complexity index is 978. The molecule has 8 heteroatoms. The van der Waals surface area contributed by atoms with Gasteiger partial charge in [-0.3, -0.25) is 0 Å². The molecule has 140 valence electrons. The van der Waals surface area contributed by atoms with Gasteiger partial charge < -0.3 is 26.6 Å². The highest BCUT2D eigenvalue weighted by Crippen LogP contribution is 2.38. The fraction of sp³-hybridized carbons (Fsp3) is 0.263. The number of unbranched alkanes of at least 4 members (excludes halogenated alkanes) is 1. The molecule has 0 amide bonds. The lowest BCUT2D eigenvalue weighted by atomic mass is 10.2. The first-order valence-electron chi connectivity index (χ1n) is 8.59. The van der Waals surface area contributed by atoms with Gasteiger partial charge in [0.15, 0.2) is 6.23 Å². The van der Waals surface area contributed by atoms with E-state index in [1.165, 1.54) is 11.3 Å². The van der Waals surface area contributed by atoms with Gasteiger partial charge in [-0.15, -0.1) is 11.3 Å². The molecular formula is C19H21N5O2S. The molecule has 3 rings (SSSR count). The Balaban J connectivity index is 1.77. The zero-order chi connectivity index (χ0) is 19.4. The molecule has 0 fully saturated rings. The maximum Gasteiger partial charge on any atom is 0.162 e. The maximum atomic E-state index is 10.6. The molecule has 3 aromatic rings. The summed E-state index contributed by atoms with van der Waals surface area (Å²) in [7, 11) is 0. The minimum absolute atomic E-state index is 0.152. The van der Waals surface area contributed by atoms with E-state index in [9.17, 15) is 5.11 Å². The second-order valence-corrected chi connectivity index (χ2v) is 7.07. The van der Waals surface area contributed by atoms with Crippen LogP contribution in [0.2, 0.25) is 0 Å². The summed E-state index contributed by atoms with van der Waals surface area (Å²) in [5.41, 5.74) is 13.3. The van der Waals surface area contributed by atoms with E-state index in [4.69, 9.17) is 21.5 Å². The first-order valence-corrected chi connectivity index (χ1v) is 9.41. The highest BCUT2D eigenvalue weighted by Gasteiger charge is 2.19. The van der Waals surface area contributed by atoms with Crippen LogP contribution in [-0.4, -0.2) is 16.7 Å². The Morgan fingerprint density at radius 3 is 2.74 bits per heavy atom. The first kappa shape index (κ1) is 18.8. The van der Waals surface area contributed by atoms with E-state index in [0.29, 0.717) is 27.4 Å². The molecule has 0 bridgehead atoms. The predicted molar refractivity (Wildman–Crippen MR) is 109 cm³/mol. The number of fused-ring (bicyclic) bond motifs is 1. The highest BCUT2D eigenvalue weighted by atomic mass is 32.1. The number of nitrogen functional groups attached to an aromatic ring is 2. The normalized spacial score (nSPS) is 11.9. The molecule has 0 aliphatic carbocycles. The molecule has 2 aromatic heterocycles. The molecule has 7 nitrogen and oxygen atoms in total. The highest BCUT2D eigenvalue weighted by molar-refractivity contribution is 7.19. The van der Waals surface area contributed by atoms with Crippen LogP contribution in [0.1, 0.15) is 36.4 Å². The van der Waals surface area contributed by atoms with Crippen molar-refractivity contribution in [2.75, 3.05) is 23.4 Å². The Kier molecular flexibility index (Phi) is 5.64. The summed E-state index contributed by atoms with van der Waals surface area (Å²) in [5.74, 6) is 0.937. The van der Waals surface area contributed by atoms with Gasteiger partial charge >= 0.3 is 0 Å². The van der Waals surface area contributed by atoms with Gasteiger partial charge in [-0.05, 0) is 36.8 Å². The van der Waals surface area contributed by atoms with Crippen molar-refractivity contribution in [3.05, 3.63) is 40.8 Å². The molecular weight excluding hydrogens is 362 g/mol. The van der Waals surface area contributed by atoms with Crippen molar-refractivity contribution in [2.45, 2.75) is 26.0 Å². The van der Waals surface area contributed by atoms with Crippen molar-refractivity contribution in [1.82, 2.24) is 4.98 Å². The molecule has 0 saturated carbocycles. The van der Waals surface area contributed by atoms with Crippen molar-refractivity contribution < 1.29 is 9.84 Å². The van der Waals surface area contributed by atoms with Gasteiger partial charge in [-0.25, -0.2) is 4.98 Å². The van der Waals surface area contributed by atoms with Crippen LogP contribution in [0.3, 0.4) is 0 Å². The molecule has 27 heavy (non-hydrogen) atoms. The lowest BCUT2D eigenvalue weighted by molar-refractivity contribution is 0.213. The number of aliphatic hydroxyl groups is 1. The molecule has 0 saturated heterocycles. The Morgan fingerprint density at radius 1 is 1.33 bits per heavy atom. The van der Waals surface area contributed by atoms with E-state index < -0.39 is 6.23 Å². The van der Waals surface area contributed by atoms with Gasteiger partial charge in [0.2, 0.25) is 0 Å². The third kappa shape index (κ3) is 4.05. The van der Waals surface area contributed by atoms with Crippen LogP contribution in [0.4, 0.5) is 17.2 Å². The number of thiophene rings is 1. The van der Waals surface area contributed by atoms with Crippen LogP contribution in [-0.2, 0) is 0 Å². The van der Waals surface area contributed by atoms with Gasteiger partial charge in [0, 0.05) is 11.1 Å². The first-order chi connectivity index (χ1) is 13.0. The predicted octanol–water partition coefficient (Wildman–Crippen LogP) is 3.61. The summed E-state index contributed by atoms with van der Waals surface area (Å²) in [6.07, 6.45) is 1.08. The van der Waals surface area contributed by atoms with Crippen LogP contribution in [0.25, 0.3) is 10.2 Å². The van der Waals surface area contributed by atoms with Crippen LogP contribution in [0, 0.1) is 11.3 Å². The summed E-state index contributed by atoms with van der Waals surface area (Å²) in [6, 6.07) is 10.9. The largest absolute Gasteiger partial charge is 0.494 e. The monoisotopic (exact) mass is 383 g/mol. The van der Waals surface area contributed by atoms with E-state index in [0.717, 1.165) is 24.3 Å². The standard InChI is InChI=1S/C19H21N5O2S/c1-2-3-8-26-13-6-4-12(5-7-13)23-18(25)16-15(21)14-9-11(10-20)17(22)24-19(14)27-16/h4-7,9,18,23,25H,2-3,8,21H2,1H3,(H2,22,24). The summed E-state index contributed by atoms with van der Waals surface area (Å²) in [6.45, 7) is 2.80. The molecule has 1 unspecified atom stereocenters. The smallest absolute Gasteiger partial charge is 0.162 e. The summed E-state index contributed by atoms with van der Waals surface area (Å²) in [4.78, 5) is 5.31. The van der Waals surface area contributed by atoms with E-state index in [2.05, 4.69) is 17.2 Å². The van der Waals surface area contributed by atoms with E-state index >= 15 is 0 Å². The minimum atomic E-state index is -1.01. The number of ether oxygens (including phenoxy) is 1. The minimum Gasteiger partial charge on any atom is -0.494 e. The van der Waals surface area contributed by atoms with Gasteiger partial charge in [0.1, 0.15) is 22.5 Å². The maximum absolute atomic E-state index is 10.6. The average Bonchev–Trinajstić information content (AvgIpc) is 2.98. The third-order valence-corrected chi connectivity index (χ3v) is 5.24. The molecule has 0 aliphatic rings. The number of hydrogen-bond acceptors (Lipinski definition) is 8. The molecule has 0 aliphatic heterocycles. The van der Waals surface area contributed by atoms with Gasteiger partial charge in [-0.2, -0.15) is 5.26 Å². The molecule has 1 atom stereocenters. The number of anilines is 3. The van der Waals surface area contributed by atoms with Crippen molar-refractivity contribution in [2.24, 2.45) is 0 Å². The van der Waals surface area contributed by atoms with E-state index in [1.54, 1.807) is 6.07 Å². The molecule has 6 N–H and O–H groups in total. The van der Waals surface area contributed by atoms with Crippen LogP contribution >= 0.6 is 11.3 Å². The number of nitrogens with two attached hydrogens (primary N) is 2. The van der Waals surface area contributed by atoms with Crippen LogP contribution < -0.4 is 21.5 Å². The molecule has 1 aromatic carbocycles. The summed E-state index contributed by atoms with van der Waals surface area (Å²) in [5, 5.41) is 23.3. The fourth-order valence-electron chi connectivity index (χ4n) is 2.57. The zero-order valence-electron chi connectivity index (χ0n) is 14.9. The van der Waals surface area contributed by atoms with Crippen molar-refractivity contribution in [3.8, 4) is 11.8 Å². The Labute approximate surface area is 161 Å². The van der Waals surface area contributed by atoms with Gasteiger partial charge in [-0.1, -0.05) is 13.3 Å². The lowest BCUT2D eigenvalue weighted by Gasteiger charge is -2.14. The average molecular weight is 383 g/mol. The van der Waals surface area contributed by atoms with E-state index in [1.807, 2.05) is 30.3 Å². The number of hydrogen-bond donors (Lipinski definition) is 4. The number of aliphatic hydroxyl groups excluding tert-OH is 1. The van der Waals surface area contributed by atoms with Crippen molar-refractivity contribution in [1.29, 1.82) is 5.26 Å². The van der Waals surface area contributed by atoms with Crippen LogP contribution in [0.15, 0.2) is 30.3 Å². The Hall–Kier alpha value is -3.02. The second-order valence-electron chi connectivity index (χ2n) is 6.04. The third-order valence-electron chi connectivity index (χ3n) is 4.07. The number of rotatable bonds is 7. The lowest BCUT2D eigenvalue weighted by Crippen LogP contribution is -2.09. The molecule has 0 spiro atoms. The quantitative estimate of drug-likeness (QED) is 0.362. The Morgan fingerprint density at radius 2 is 2.07 bits per heavy atom. The number of nitrogens with one attached hydrogen (secondary N) is 1. The number of benzene rings is 1. The van der Waals surface area contributed by atoms with Crippen LogP contribution in [0.5, 0.6) is 5.75 Å². The fourth-order valence-corrected chi connectivity index (χ4v) is 3.59. The number of aromatic nitrogens is 1. The zero-order valence-corrected chi connectivity index (χ0v) is 15.7. The number of nitrogens with zero attached hydrogens (tertiary/aromatic N) is 2. The number of nitriles is 1. The summed E-state index contributed by atoms with van der Waals surface area (Å²) >= 11 is 1.24. The topological polar surface area (TPSA) is 130 Å². The van der Waals surface area contributed by atoms with Crippen molar-refractivity contribution >= 4 is 38.7 Å². The van der Waals surface area contributed by atoms with Gasteiger partial charge in [0.25, 0.3) is 0 Å². The van der Waals surface area contributed by atoms with E-state index in [-0.39, 0.29) is 11.4 Å². The SMILES string of the molecule is CCCCOc1ccc(NC(O)c2sc3nc(N)c(C#N)cc3c2N)cc1. The second kappa shape index (κ2) is 8.12. The summed E-state index contributed by atoms with van der Waals surface area (Å²) < 4.78 is 5.63. The molecule has 2 heterocycles. The van der Waals surface area contributed by atoms with Gasteiger partial charge in [0.05, 0.1) is 22.7 Å². The van der Waals surface area contributed by atoms with Crippen molar-refractivity contribution in [3.63, 3.8) is 0 Å².